The molecule has 1 aromatic heterocycles. The summed E-state index contributed by atoms with van der Waals surface area (Å²) >= 11 is 1.61. The summed E-state index contributed by atoms with van der Waals surface area (Å²) in [6.45, 7) is 4.38. The lowest BCUT2D eigenvalue weighted by Crippen LogP contribution is -1.91. The number of hydrogen-bond donors (Lipinski definition) is 0. The number of thiophene rings is 1. The molecule has 0 amide bonds. The number of methoxy groups -OCH3 is 1. The molecule has 0 spiro atoms. The van der Waals surface area contributed by atoms with Gasteiger partial charge in [-0.2, -0.15) is 0 Å². The molecule has 2 heteroatoms. The molecular formula is C14H15OS. The fourth-order valence-corrected chi connectivity index (χ4v) is 2.33. The second-order valence-corrected chi connectivity index (χ2v) is 4.91. The normalized spacial score (nSPS) is 10.8. The fraction of sp³-hybridized carbons (Fsp3) is 0.286. The van der Waals surface area contributed by atoms with Crippen molar-refractivity contribution in [1.82, 2.24) is 0 Å². The van der Waals surface area contributed by atoms with E-state index in [1.54, 1.807) is 18.4 Å². The molecule has 0 bridgehead atoms. The van der Waals surface area contributed by atoms with Crippen LogP contribution in [0.3, 0.4) is 0 Å². The Bertz CT molecular complexity index is 458. The summed E-state index contributed by atoms with van der Waals surface area (Å²) < 4.78 is 5.45. The third-order valence-electron chi connectivity index (χ3n) is 2.63. The van der Waals surface area contributed by atoms with Crippen molar-refractivity contribution >= 4 is 11.3 Å². The molecule has 1 heterocycles. The Hall–Kier alpha value is -1.28. The summed E-state index contributed by atoms with van der Waals surface area (Å²) in [6, 6.07) is 10.4. The van der Waals surface area contributed by atoms with Gasteiger partial charge in [-0.25, -0.2) is 0 Å². The van der Waals surface area contributed by atoms with E-state index in [4.69, 9.17) is 4.74 Å². The van der Waals surface area contributed by atoms with Gasteiger partial charge >= 0.3 is 0 Å². The number of rotatable bonds is 3. The Morgan fingerprint density at radius 3 is 2.62 bits per heavy atom. The molecule has 16 heavy (non-hydrogen) atoms. The first-order valence-corrected chi connectivity index (χ1v) is 6.18. The Labute approximate surface area is 101 Å². The van der Waals surface area contributed by atoms with Crippen LogP contribution in [0.4, 0.5) is 0 Å². The molecule has 83 valence electrons. The second kappa shape index (κ2) is 4.71. The molecule has 0 aliphatic rings. The van der Waals surface area contributed by atoms with E-state index < -0.39 is 0 Å². The quantitative estimate of drug-likeness (QED) is 0.763. The Morgan fingerprint density at radius 1 is 1.25 bits per heavy atom. The lowest BCUT2D eigenvalue weighted by Gasteiger charge is -2.11. The van der Waals surface area contributed by atoms with Crippen molar-refractivity contribution in [3.8, 4) is 16.2 Å². The largest absolute Gasteiger partial charge is 0.496 e. The van der Waals surface area contributed by atoms with Crippen LogP contribution >= 0.6 is 11.3 Å². The van der Waals surface area contributed by atoms with Crippen molar-refractivity contribution in [2.45, 2.75) is 19.8 Å². The minimum atomic E-state index is 0.526. The molecule has 0 unspecified atom stereocenters. The standard InChI is InChI=1S/C14H15OS/c1-10(2)11-6-7-12(13(9-11)15-3)14-5-4-8-16-14/h4-7,9-10H,1-3H3. The van der Waals surface area contributed by atoms with Crippen LogP contribution in [0.5, 0.6) is 5.75 Å². The lowest BCUT2D eigenvalue weighted by atomic mass is 10.0. The van der Waals surface area contributed by atoms with Crippen LogP contribution in [-0.4, -0.2) is 7.11 Å². The van der Waals surface area contributed by atoms with Crippen molar-refractivity contribution in [2.75, 3.05) is 7.11 Å². The lowest BCUT2D eigenvalue weighted by molar-refractivity contribution is 0.416. The first-order chi connectivity index (χ1) is 7.72. The zero-order chi connectivity index (χ0) is 11.5. The molecular weight excluding hydrogens is 216 g/mol. The predicted octanol–water partition coefficient (Wildman–Crippen LogP) is 4.35. The highest BCUT2D eigenvalue weighted by Crippen LogP contribution is 2.34. The van der Waals surface area contributed by atoms with E-state index in [0.29, 0.717) is 5.92 Å². The average Bonchev–Trinajstić information content (AvgIpc) is 2.81. The van der Waals surface area contributed by atoms with Crippen molar-refractivity contribution < 1.29 is 4.74 Å². The van der Waals surface area contributed by atoms with E-state index in [-0.39, 0.29) is 0 Å². The molecule has 2 rings (SSSR count). The minimum Gasteiger partial charge on any atom is -0.496 e. The molecule has 0 saturated carbocycles. The van der Waals surface area contributed by atoms with Gasteiger partial charge in [0, 0.05) is 15.8 Å². The Kier molecular flexibility index (Phi) is 3.30. The first-order valence-electron chi connectivity index (χ1n) is 5.36. The second-order valence-electron chi connectivity index (χ2n) is 4.03. The maximum atomic E-state index is 5.45. The van der Waals surface area contributed by atoms with Crippen LogP contribution in [0.2, 0.25) is 0 Å². The van der Waals surface area contributed by atoms with Gasteiger partial charge in [-0.05, 0) is 35.7 Å². The smallest absolute Gasteiger partial charge is 0.127 e. The van der Waals surface area contributed by atoms with Gasteiger partial charge in [-0.15, -0.1) is 11.3 Å². The molecule has 2 aromatic rings. The molecule has 0 atom stereocenters. The molecule has 0 saturated heterocycles. The van der Waals surface area contributed by atoms with E-state index in [9.17, 15) is 0 Å². The highest BCUT2D eigenvalue weighted by Gasteiger charge is 2.09. The molecule has 1 aromatic carbocycles. The summed E-state index contributed by atoms with van der Waals surface area (Å²) in [7, 11) is 1.72. The summed E-state index contributed by atoms with van der Waals surface area (Å²) in [5.41, 5.74) is 2.46. The Morgan fingerprint density at radius 2 is 2.06 bits per heavy atom. The minimum absolute atomic E-state index is 0.526. The predicted molar refractivity (Wildman–Crippen MR) is 69.2 cm³/mol. The highest BCUT2D eigenvalue weighted by atomic mass is 32.1. The van der Waals surface area contributed by atoms with Crippen molar-refractivity contribution in [1.29, 1.82) is 0 Å². The molecule has 0 aliphatic carbocycles. The van der Waals surface area contributed by atoms with Gasteiger partial charge in [0.05, 0.1) is 7.11 Å². The van der Waals surface area contributed by atoms with Crippen molar-refractivity contribution in [2.24, 2.45) is 0 Å². The summed E-state index contributed by atoms with van der Waals surface area (Å²) in [6.07, 6.45) is 0. The SMILES string of the molecule is COc1cc(C(C)C)ccc1-c1cc[c]s1. The van der Waals surface area contributed by atoms with Crippen LogP contribution in [0.1, 0.15) is 25.3 Å². The highest BCUT2D eigenvalue weighted by molar-refractivity contribution is 7.13. The van der Waals surface area contributed by atoms with Gasteiger partial charge < -0.3 is 4.74 Å². The van der Waals surface area contributed by atoms with Crippen molar-refractivity contribution in [3.05, 3.63) is 41.3 Å². The number of ether oxygens (including phenoxy) is 1. The van der Waals surface area contributed by atoms with Crippen LogP contribution in [0, 0.1) is 5.38 Å². The van der Waals surface area contributed by atoms with E-state index in [1.165, 1.54) is 10.4 Å². The van der Waals surface area contributed by atoms with Gasteiger partial charge in [0.15, 0.2) is 0 Å². The molecule has 1 radical (unpaired) electrons. The third-order valence-corrected chi connectivity index (χ3v) is 3.46. The topological polar surface area (TPSA) is 9.23 Å². The van der Waals surface area contributed by atoms with Crippen LogP contribution in [0.15, 0.2) is 30.3 Å². The molecule has 0 N–H and O–H groups in total. The van der Waals surface area contributed by atoms with Gasteiger partial charge in [0.25, 0.3) is 0 Å². The molecule has 1 nitrogen and oxygen atoms in total. The van der Waals surface area contributed by atoms with Crippen LogP contribution in [-0.2, 0) is 0 Å². The summed E-state index contributed by atoms with van der Waals surface area (Å²) in [5.74, 6) is 1.47. The maximum absolute atomic E-state index is 5.45. The van der Waals surface area contributed by atoms with E-state index in [0.717, 1.165) is 11.3 Å². The molecule has 0 fully saturated rings. The van der Waals surface area contributed by atoms with Crippen LogP contribution < -0.4 is 4.74 Å². The summed E-state index contributed by atoms with van der Waals surface area (Å²) in [4.78, 5) is 1.20. The third kappa shape index (κ3) is 2.12. The van der Waals surface area contributed by atoms with E-state index in [1.807, 2.05) is 6.07 Å². The summed E-state index contributed by atoms with van der Waals surface area (Å²) in [5, 5.41) is 3.10. The zero-order valence-electron chi connectivity index (χ0n) is 9.78. The van der Waals surface area contributed by atoms with Gasteiger partial charge in [0.1, 0.15) is 5.75 Å². The van der Waals surface area contributed by atoms with Gasteiger partial charge in [-0.1, -0.05) is 19.9 Å². The average molecular weight is 231 g/mol. The monoisotopic (exact) mass is 231 g/mol. The maximum Gasteiger partial charge on any atom is 0.127 e. The Balaban J connectivity index is 2.47. The zero-order valence-corrected chi connectivity index (χ0v) is 10.6. The molecule has 0 aliphatic heterocycles. The van der Waals surface area contributed by atoms with E-state index >= 15 is 0 Å². The van der Waals surface area contributed by atoms with Gasteiger partial charge in [0.2, 0.25) is 0 Å². The van der Waals surface area contributed by atoms with E-state index in [2.05, 4.69) is 43.5 Å². The number of hydrogen-bond acceptors (Lipinski definition) is 2. The first kappa shape index (κ1) is 11.2. The van der Waals surface area contributed by atoms with Crippen molar-refractivity contribution in [3.63, 3.8) is 0 Å². The van der Waals surface area contributed by atoms with Gasteiger partial charge in [-0.3, -0.25) is 0 Å². The number of benzene rings is 1. The fourth-order valence-electron chi connectivity index (χ4n) is 1.66. The van der Waals surface area contributed by atoms with Crippen LogP contribution in [0.25, 0.3) is 10.4 Å².